The van der Waals surface area contributed by atoms with Crippen LogP contribution in [0.5, 0.6) is 5.75 Å². The molecular weight excluding hydrogens is 591 g/mol. The number of halogens is 1. The number of aryl methyl sites for hydroxylation is 2. The first-order valence-corrected chi connectivity index (χ1v) is 16.0. The zero-order chi connectivity index (χ0) is 31.0. The van der Waals surface area contributed by atoms with Crippen molar-refractivity contribution in [3.05, 3.63) is 65.3 Å². The number of aromatic nitrogens is 1. The molecular formula is C27H33FN4O8S2. The van der Waals surface area contributed by atoms with Gasteiger partial charge in [0.15, 0.2) is 16.4 Å². The summed E-state index contributed by atoms with van der Waals surface area (Å²) in [5.74, 6) is -1.59. The number of carbonyl (C=O) groups excluding carboxylic acids is 1. The van der Waals surface area contributed by atoms with Crippen LogP contribution in [-0.4, -0.2) is 81.1 Å². The Bertz CT molecular complexity index is 1660. The third-order valence-corrected chi connectivity index (χ3v) is 10.6. The van der Waals surface area contributed by atoms with Crippen molar-refractivity contribution in [3.8, 4) is 5.75 Å². The summed E-state index contributed by atoms with van der Waals surface area (Å²) in [4.78, 5) is 14.8. The maximum atomic E-state index is 13.7. The molecule has 2 heterocycles. The number of nitrogens with one attached hydrogen (secondary N) is 1. The Balaban J connectivity index is 1.78. The Hall–Kier alpha value is -3.53. The van der Waals surface area contributed by atoms with E-state index in [-0.39, 0.29) is 57.9 Å². The van der Waals surface area contributed by atoms with E-state index in [2.05, 4.69) is 9.88 Å². The number of benzene rings is 2. The van der Waals surface area contributed by atoms with E-state index in [0.29, 0.717) is 0 Å². The number of hydrogen-bond acceptors (Lipinski definition) is 9. The van der Waals surface area contributed by atoms with E-state index in [9.17, 15) is 31.1 Å². The van der Waals surface area contributed by atoms with Crippen LogP contribution in [0.2, 0.25) is 0 Å². The van der Waals surface area contributed by atoms with Gasteiger partial charge in [-0.2, -0.15) is 4.31 Å². The summed E-state index contributed by atoms with van der Waals surface area (Å²) in [5, 5.41) is 13.6. The summed E-state index contributed by atoms with van der Waals surface area (Å²) in [6.07, 6.45) is -0.879. The second-order valence-electron chi connectivity index (χ2n) is 10.3. The molecule has 0 fully saturated rings. The maximum absolute atomic E-state index is 13.7. The molecule has 228 valence electrons. The van der Waals surface area contributed by atoms with Gasteiger partial charge in [0.05, 0.1) is 35.3 Å². The van der Waals surface area contributed by atoms with Crippen molar-refractivity contribution < 1.29 is 40.4 Å². The number of aliphatic hydroxyl groups is 1. The van der Waals surface area contributed by atoms with Gasteiger partial charge in [0.25, 0.3) is 15.9 Å². The molecule has 0 bridgehead atoms. The fraction of sp³-hybridized carbons (Fsp3) is 0.407. The average molecular weight is 625 g/mol. The van der Waals surface area contributed by atoms with E-state index in [1.165, 1.54) is 44.0 Å². The van der Waals surface area contributed by atoms with Crippen LogP contribution in [0.4, 0.5) is 10.1 Å². The Morgan fingerprint density at radius 3 is 2.43 bits per heavy atom. The van der Waals surface area contributed by atoms with Gasteiger partial charge in [-0.25, -0.2) is 21.2 Å². The molecule has 4 rings (SSSR count). The lowest BCUT2D eigenvalue weighted by atomic mass is 9.99. The van der Waals surface area contributed by atoms with Crippen LogP contribution in [0.1, 0.15) is 35.7 Å². The zero-order valence-electron chi connectivity index (χ0n) is 23.7. The molecule has 0 aliphatic carbocycles. The average Bonchev–Trinajstić information content (AvgIpc) is 3.28. The molecule has 0 saturated carbocycles. The lowest BCUT2D eigenvalue weighted by Gasteiger charge is -2.38. The lowest BCUT2D eigenvalue weighted by Crippen LogP contribution is -2.50. The Morgan fingerprint density at radius 1 is 1.17 bits per heavy atom. The fourth-order valence-corrected chi connectivity index (χ4v) is 7.31. The number of fused-ring (bicyclic) bond motifs is 1. The fourth-order valence-electron chi connectivity index (χ4n) is 4.73. The van der Waals surface area contributed by atoms with Crippen LogP contribution in [0.3, 0.4) is 0 Å². The second-order valence-corrected chi connectivity index (χ2v) is 14.0. The molecule has 12 nitrogen and oxygen atoms in total. The zero-order valence-corrected chi connectivity index (χ0v) is 25.4. The molecule has 3 atom stereocenters. The number of nitrogens with zero attached hydrogens (tertiary/aromatic N) is 3. The van der Waals surface area contributed by atoms with E-state index in [0.717, 1.165) is 28.6 Å². The molecule has 15 heteroatoms. The number of amides is 1. The molecule has 0 spiro atoms. The highest BCUT2D eigenvalue weighted by molar-refractivity contribution is 7.92. The highest BCUT2D eigenvalue weighted by atomic mass is 32.2. The van der Waals surface area contributed by atoms with Crippen molar-refractivity contribution >= 4 is 31.6 Å². The first-order chi connectivity index (χ1) is 19.7. The van der Waals surface area contributed by atoms with Crippen LogP contribution in [0.15, 0.2) is 56.8 Å². The predicted octanol–water partition coefficient (Wildman–Crippen LogP) is 2.77. The summed E-state index contributed by atoms with van der Waals surface area (Å²) in [6.45, 7) is 5.94. The number of likely N-dealkylation sites (N-methyl/N-ethyl adjacent to an activating group) is 1. The van der Waals surface area contributed by atoms with Gasteiger partial charge < -0.3 is 19.3 Å². The standard InChI is InChI=1S/C27H33FN4O8S2/c1-16-13-32(17(2)15-33)27(34)22-7-6-8-23(30-41(35,36)26-18(3)29-40-19(26)4)25(22)39-24(16)14-31(5)42(37,38)21-11-9-20(28)10-12-21/h6-12,16-17,24,30,33H,13-15H2,1-5H3/t16-,17+,24-/m1/s1. The molecule has 1 aliphatic rings. The van der Waals surface area contributed by atoms with Crippen molar-refractivity contribution in [2.75, 3.05) is 31.5 Å². The lowest BCUT2D eigenvalue weighted by molar-refractivity contribution is 0.0389. The molecule has 0 unspecified atom stereocenters. The second kappa shape index (κ2) is 12.0. The van der Waals surface area contributed by atoms with Crippen molar-refractivity contribution in [1.82, 2.24) is 14.4 Å². The molecule has 3 aromatic rings. The third-order valence-electron chi connectivity index (χ3n) is 7.13. The van der Waals surface area contributed by atoms with Crippen LogP contribution in [-0.2, 0) is 20.0 Å². The maximum Gasteiger partial charge on any atom is 0.267 e. The Kier molecular flexibility index (Phi) is 8.97. The third kappa shape index (κ3) is 6.14. The van der Waals surface area contributed by atoms with E-state index >= 15 is 0 Å². The number of ether oxygens (including phenoxy) is 1. The summed E-state index contributed by atoms with van der Waals surface area (Å²) in [6, 6.07) is 8.17. The topological polar surface area (TPSA) is 159 Å². The Labute approximate surface area is 244 Å². The monoisotopic (exact) mass is 624 g/mol. The number of aliphatic hydroxyl groups excluding tert-OH is 1. The molecule has 0 saturated heterocycles. The summed E-state index contributed by atoms with van der Waals surface area (Å²) in [5.41, 5.74) is 0.105. The van der Waals surface area contributed by atoms with Gasteiger partial charge in [-0.05, 0) is 57.2 Å². The van der Waals surface area contributed by atoms with Gasteiger partial charge >= 0.3 is 0 Å². The van der Waals surface area contributed by atoms with E-state index in [1.807, 2.05) is 0 Å². The number of carbonyl (C=O) groups is 1. The molecule has 42 heavy (non-hydrogen) atoms. The van der Waals surface area contributed by atoms with E-state index in [4.69, 9.17) is 9.26 Å². The minimum atomic E-state index is -4.24. The van der Waals surface area contributed by atoms with E-state index in [1.54, 1.807) is 13.8 Å². The van der Waals surface area contributed by atoms with Crippen LogP contribution >= 0.6 is 0 Å². The number of sulfonamides is 2. The van der Waals surface area contributed by atoms with Crippen molar-refractivity contribution in [2.45, 2.75) is 49.6 Å². The summed E-state index contributed by atoms with van der Waals surface area (Å²) in [7, 11) is -6.96. The highest BCUT2D eigenvalue weighted by Crippen LogP contribution is 2.37. The molecule has 2 aromatic carbocycles. The van der Waals surface area contributed by atoms with Crippen molar-refractivity contribution in [2.24, 2.45) is 5.92 Å². The number of rotatable bonds is 9. The minimum Gasteiger partial charge on any atom is -0.486 e. The summed E-state index contributed by atoms with van der Waals surface area (Å²) < 4.78 is 81.6. The van der Waals surface area contributed by atoms with E-state index < -0.39 is 49.8 Å². The first kappa shape index (κ1) is 31.4. The van der Waals surface area contributed by atoms with Gasteiger partial charge in [0, 0.05) is 19.5 Å². The molecule has 1 aliphatic heterocycles. The number of hydrogen-bond donors (Lipinski definition) is 2. The molecule has 2 N–H and O–H groups in total. The number of anilines is 1. The largest absolute Gasteiger partial charge is 0.486 e. The first-order valence-electron chi connectivity index (χ1n) is 13.1. The smallest absolute Gasteiger partial charge is 0.267 e. The van der Waals surface area contributed by atoms with Gasteiger partial charge in [0.1, 0.15) is 17.6 Å². The van der Waals surface area contributed by atoms with Gasteiger partial charge in [0.2, 0.25) is 10.0 Å². The molecule has 1 aromatic heterocycles. The van der Waals surface area contributed by atoms with Crippen molar-refractivity contribution in [1.29, 1.82) is 0 Å². The molecule has 0 radical (unpaired) electrons. The minimum absolute atomic E-state index is 0.0233. The summed E-state index contributed by atoms with van der Waals surface area (Å²) >= 11 is 0. The predicted molar refractivity (Wildman–Crippen MR) is 151 cm³/mol. The van der Waals surface area contributed by atoms with Gasteiger partial charge in [-0.15, -0.1) is 0 Å². The van der Waals surface area contributed by atoms with Crippen LogP contribution < -0.4 is 9.46 Å². The quantitative estimate of drug-likeness (QED) is 0.365. The number of para-hydroxylation sites is 1. The SMILES string of the molecule is Cc1noc(C)c1S(=O)(=O)Nc1cccc2c1O[C@H](CN(C)S(=O)(=O)c1ccc(F)cc1)[C@H](C)CN([C@@H](C)CO)C2=O. The van der Waals surface area contributed by atoms with Gasteiger partial charge in [-0.3, -0.25) is 9.52 Å². The van der Waals surface area contributed by atoms with Crippen LogP contribution in [0.25, 0.3) is 0 Å². The van der Waals surface area contributed by atoms with Crippen LogP contribution in [0, 0.1) is 25.6 Å². The molecule has 1 amide bonds. The van der Waals surface area contributed by atoms with Crippen molar-refractivity contribution in [3.63, 3.8) is 0 Å². The normalized spacial score (nSPS) is 18.7. The van der Waals surface area contributed by atoms with Gasteiger partial charge in [-0.1, -0.05) is 18.1 Å². The highest BCUT2D eigenvalue weighted by Gasteiger charge is 2.37. The Morgan fingerprint density at radius 2 is 1.83 bits per heavy atom.